The van der Waals surface area contributed by atoms with Gasteiger partial charge in [0.1, 0.15) is 0 Å². The summed E-state index contributed by atoms with van der Waals surface area (Å²) in [5, 5.41) is 1.89. The first kappa shape index (κ1) is 8.57. The molecule has 0 aromatic carbocycles. The van der Waals surface area contributed by atoms with Gasteiger partial charge in [-0.05, 0) is 16.3 Å². The zero-order chi connectivity index (χ0) is 8.48. The lowest BCUT2D eigenvalue weighted by Gasteiger charge is -2.24. The van der Waals surface area contributed by atoms with E-state index < -0.39 is 8.80 Å². The van der Waals surface area contributed by atoms with Crippen LogP contribution in [0.2, 0.25) is 11.6 Å². The van der Waals surface area contributed by atoms with Crippen molar-refractivity contribution in [2.24, 2.45) is 0 Å². The lowest BCUT2D eigenvalue weighted by atomic mass is 10.2. The van der Waals surface area contributed by atoms with Crippen molar-refractivity contribution in [1.82, 2.24) is 0 Å². The van der Waals surface area contributed by atoms with Gasteiger partial charge >= 0.3 is 0 Å². The van der Waals surface area contributed by atoms with Crippen LogP contribution < -0.4 is 0 Å². The number of hydrogen-bond donors (Lipinski definition) is 0. The van der Waals surface area contributed by atoms with Gasteiger partial charge in [0, 0.05) is 0 Å². The first-order valence-electron chi connectivity index (χ1n) is 3.99. The molecule has 0 bridgehead atoms. The molecule has 1 radical (unpaired) electrons. The largest absolute Gasteiger partial charge is 0.122 e. The molecule has 1 heteroatoms. The Morgan fingerprint density at radius 1 is 1.36 bits per heavy atom. The Morgan fingerprint density at radius 2 is 2.00 bits per heavy atom. The minimum absolute atomic E-state index is 0.395. The van der Waals surface area contributed by atoms with E-state index in [1.165, 1.54) is 5.20 Å². The summed E-state index contributed by atoms with van der Waals surface area (Å²) < 4.78 is 0. The quantitative estimate of drug-likeness (QED) is 0.411. The summed E-state index contributed by atoms with van der Waals surface area (Å²) in [4.78, 5) is 0. The molecule has 0 N–H and O–H groups in total. The maximum absolute atomic E-state index is 3.29. The molecule has 0 amide bonds. The molecular weight excluding hydrogens is 148 g/mol. The fourth-order valence-corrected chi connectivity index (χ4v) is 2.42. The molecule has 0 saturated carbocycles. The van der Waals surface area contributed by atoms with Crippen LogP contribution in [0.3, 0.4) is 0 Å². The molecule has 0 fully saturated rings. The van der Waals surface area contributed by atoms with E-state index in [1.54, 1.807) is 0 Å². The molecule has 0 aromatic heterocycles. The Balaban J connectivity index is 2.78. The number of allylic oxidation sites excluding steroid dienone is 3. The molecular formula is C10H15Si. The highest BCUT2D eigenvalue weighted by Crippen LogP contribution is 2.31. The van der Waals surface area contributed by atoms with Gasteiger partial charge in [-0.25, -0.2) is 0 Å². The lowest BCUT2D eigenvalue weighted by Crippen LogP contribution is -2.23. The van der Waals surface area contributed by atoms with Gasteiger partial charge in [0.2, 0.25) is 0 Å². The average Bonchev–Trinajstić information content (AvgIpc) is 2.34. The van der Waals surface area contributed by atoms with E-state index in [9.17, 15) is 0 Å². The molecule has 1 aliphatic carbocycles. The molecule has 0 aliphatic heterocycles. The van der Waals surface area contributed by atoms with Gasteiger partial charge in [-0.1, -0.05) is 39.5 Å². The molecule has 0 nitrogen and oxygen atoms in total. The van der Waals surface area contributed by atoms with Gasteiger partial charge in [0.25, 0.3) is 0 Å². The summed E-state index contributed by atoms with van der Waals surface area (Å²) in [6.07, 6.45) is 6.28. The highest BCUT2D eigenvalue weighted by atomic mass is 28.3. The van der Waals surface area contributed by atoms with Crippen LogP contribution in [-0.2, 0) is 0 Å². The fraction of sp³-hybridized carbons (Fsp3) is 0.500. The fourth-order valence-electron chi connectivity index (χ4n) is 0.968. The standard InChI is InChI=1S/C10H15Si/c1-10(2,3)11(4)9-7-5-6-8-9/h5-7H,1-4H3. The van der Waals surface area contributed by atoms with Crippen molar-refractivity contribution in [1.29, 1.82) is 0 Å². The minimum Gasteiger partial charge on any atom is -0.122 e. The third kappa shape index (κ3) is 1.95. The summed E-state index contributed by atoms with van der Waals surface area (Å²) in [7, 11) is -0.395. The van der Waals surface area contributed by atoms with Crippen LogP contribution in [0.1, 0.15) is 20.8 Å². The summed E-state index contributed by atoms with van der Waals surface area (Å²) in [5.74, 6) is 0. The van der Waals surface area contributed by atoms with Crippen LogP contribution in [0, 0.1) is 0 Å². The average molecular weight is 163 g/mol. The molecule has 11 heavy (non-hydrogen) atoms. The Bertz CT molecular complexity index is 234. The molecule has 1 rings (SSSR count). The van der Waals surface area contributed by atoms with E-state index in [-0.39, 0.29) is 0 Å². The Labute approximate surface area is 70.9 Å². The molecule has 0 unspecified atom stereocenters. The van der Waals surface area contributed by atoms with Crippen molar-refractivity contribution in [3.63, 3.8) is 0 Å². The predicted molar refractivity (Wildman–Crippen MR) is 52.1 cm³/mol. The van der Waals surface area contributed by atoms with Crippen molar-refractivity contribution in [3.05, 3.63) is 29.2 Å². The first-order valence-corrected chi connectivity index (χ1v) is 5.99. The van der Waals surface area contributed by atoms with E-state index in [0.29, 0.717) is 5.04 Å². The van der Waals surface area contributed by atoms with Gasteiger partial charge in [0.15, 0.2) is 0 Å². The monoisotopic (exact) mass is 163 g/mol. The molecule has 0 spiro atoms. The number of hydrogen-bond acceptors (Lipinski definition) is 0. The van der Waals surface area contributed by atoms with Crippen molar-refractivity contribution >= 4 is 8.80 Å². The van der Waals surface area contributed by atoms with Gasteiger partial charge in [-0.2, -0.15) is 0 Å². The van der Waals surface area contributed by atoms with Crippen LogP contribution in [0.15, 0.2) is 29.2 Å². The van der Waals surface area contributed by atoms with E-state index >= 15 is 0 Å². The highest BCUT2D eigenvalue weighted by molar-refractivity contribution is 6.69. The summed E-state index contributed by atoms with van der Waals surface area (Å²) in [6, 6.07) is 0. The van der Waals surface area contributed by atoms with Crippen LogP contribution in [0.4, 0.5) is 0 Å². The Morgan fingerprint density at radius 3 is 2.36 bits per heavy atom. The van der Waals surface area contributed by atoms with Crippen molar-refractivity contribution < 1.29 is 0 Å². The number of rotatable bonds is 1. The zero-order valence-electron chi connectivity index (χ0n) is 7.73. The maximum Gasteiger partial charge on any atom is 0.0986 e. The van der Waals surface area contributed by atoms with Crippen LogP contribution in [0.25, 0.3) is 0 Å². The Kier molecular flexibility index (Phi) is 2.22. The highest BCUT2D eigenvalue weighted by Gasteiger charge is 2.24. The lowest BCUT2D eigenvalue weighted by molar-refractivity contribution is 0.743. The second-order valence-corrected chi connectivity index (χ2v) is 7.25. The van der Waals surface area contributed by atoms with E-state index in [4.69, 9.17) is 0 Å². The SMILES string of the molecule is C[Si](C1=C=CC=C1)C(C)(C)C. The molecule has 1 aliphatic rings. The maximum atomic E-state index is 3.29. The van der Waals surface area contributed by atoms with Crippen LogP contribution >= 0.6 is 0 Å². The van der Waals surface area contributed by atoms with Gasteiger partial charge < -0.3 is 0 Å². The second kappa shape index (κ2) is 2.84. The van der Waals surface area contributed by atoms with Gasteiger partial charge in [-0.15, -0.1) is 5.73 Å². The summed E-state index contributed by atoms with van der Waals surface area (Å²) in [6.45, 7) is 9.28. The van der Waals surface area contributed by atoms with E-state index in [1.807, 2.05) is 6.08 Å². The topological polar surface area (TPSA) is 0 Å². The first-order chi connectivity index (χ1) is 5.02. The van der Waals surface area contributed by atoms with Crippen molar-refractivity contribution in [3.8, 4) is 0 Å². The normalized spacial score (nSPS) is 16.3. The van der Waals surface area contributed by atoms with Crippen molar-refractivity contribution in [2.45, 2.75) is 32.4 Å². The van der Waals surface area contributed by atoms with Gasteiger partial charge in [0.05, 0.1) is 8.80 Å². The van der Waals surface area contributed by atoms with E-state index in [2.05, 4.69) is 45.2 Å². The smallest absolute Gasteiger partial charge is 0.0986 e. The van der Waals surface area contributed by atoms with Crippen molar-refractivity contribution in [2.75, 3.05) is 0 Å². The predicted octanol–water partition coefficient (Wildman–Crippen LogP) is 3.10. The van der Waals surface area contributed by atoms with Gasteiger partial charge in [-0.3, -0.25) is 0 Å². The van der Waals surface area contributed by atoms with Crippen LogP contribution in [-0.4, -0.2) is 8.80 Å². The third-order valence-corrected chi connectivity index (χ3v) is 5.50. The molecule has 0 atom stereocenters. The van der Waals surface area contributed by atoms with E-state index in [0.717, 1.165) is 0 Å². The second-order valence-electron chi connectivity index (χ2n) is 3.96. The molecule has 0 heterocycles. The Hall–Kier alpha value is -0.523. The van der Waals surface area contributed by atoms with Crippen LogP contribution in [0.5, 0.6) is 0 Å². The zero-order valence-corrected chi connectivity index (χ0v) is 8.73. The molecule has 0 saturated heterocycles. The third-order valence-electron chi connectivity index (χ3n) is 2.13. The minimum atomic E-state index is -0.395. The summed E-state index contributed by atoms with van der Waals surface area (Å²) in [5.41, 5.74) is 3.29. The molecule has 0 aromatic rings. The molecule has 59 valence electrons. The summed E-state index contributed by atoms with van der Waals surface area (Å²) >= 11 is 0.